The molecule has 1 amide bonds. The van der Waals surface area contributed by atoms with Crippen LogP contribution in [0.25, 0.3) is 0 Å². The van der Waals surface area contributed by atoms with Crippen molar-refractivity contribution in [2.24, 2.45) is 17.8 Å². The first-order valence-electron chi connectivity index (χ1n) is 15.2. The molecule has 1 saturated carbocycles. The molecule has 0 unspecified atom stereocenters. The van der Waals surface area contributed by atoms with E-state index in [0.29, 0.717) is 31.9 Å². The first-order valence-corrected chi connectivity index (χ1v) is 17.1. The molecule has 2 heterocycles. The van der Waals surface area contributed by atoms with Gasteiger partial charge in [0.15, 0.2) is 0 Å². The van der Waals surface area contributed by atoms with Gasteiger partial charge >= 0.3 is 0 Å². The number of carbonyl (C=O) groups excluding carboxylic acids is 1. The van der Waals surface area contributed by atoms with Crippen molar-refractivity contribution >= 4 is 33.2 Å². The van der Waals surface area contributed by atoms with Crippen LogP contribution in [0.15, 0.2) is 48.6 Å². The number of ether oxygens (including phenoxy) is 1. The molecule has 4 aliphatic rings. The van der Waals surface area contributed by atoms with Crippen molar-refractivity contribution in [3.05, 3.63) is 70.3 Å². The van der Waals surface area contributed by atoms with Crippen LogP contribution < -0.4 is 14.4 Å². The van der Waals surface area contributed by atoms with Gasteiger partial charge in [-0.15, -0.1) is 0 Å². The number of anilines is 1. The standard InChI is InChI=1S/C33H41ClN2O5S/c1-21-6-4-14-32(3,38)27-11-8-25(27)18-36-19-33(15-5-7-23-16-26(34)10-12-28(23)33)20-41-30-13-9-24(17-29(30)36)31(37)35-42(39,40)22(21)2/h4,9-10,12-14,16-17,21-22,25,27,38H,5-8,11,15,18-20H2,1-3H3,(H,35,37)/b14-4-/t21-,22+,25-,27+,32+,33-/m0/s1. The third kappa shape index (κ3) is 5.35. The molecule has 9 heteroatoms. The molecule has 42 heavy (non-hydrogen) atoms. The van der Waals surface area contributed by atoms with Gasteiger partial charge < -0.3 is 14.7 Å². The fourth-order valence-corrected chi connectivity index (χ4v) is 9.00. The van der Waals surface area contributed by atoms with Gasteiger partial charge in [-0.25, -0.2) is 13.1 Å². The number of aryl methyl sites for hydroxylation is 1. The van der Waals surface area contributed by atoms with Crippen LogP contribution >= 0.6 is 11.6 Å². The lowest BCUT2D eigenvalue weighted by molar-refractivity contribution is -0.0314. The van der Waals surface area contributed by atoms with Crippen LogP contribution in [0.1, 0.15) is 74.4 Å². The Morgan fingerprint density at radius 3 is 2.71 bits per heavy atom. The molecule has 1 fully saturated rings. The molecular formula is C33H41ClN2O5S. The fraction of sp³-hybridized carbons (Fsp3) is 0.545. The average Bonchev–Trinajstić information content (AvgIpc) is 3.06. The first kappa shape index (κ1) is 29.5. The highest BCUT2D eigenvalue weighted by Crippen LogP contribution is 2.48. The number of hydrogen-bond donors (Lipinski definition) is 2. The molecular weight excluding hydrogens is 572 g/mol. The van der Waals surface area contributed by atoms with Crippen molar-refractivity contribution in [2.45, 2.75) is 75.6 Å². The lowest BCUT2D eigenvalue weighted by Gasteiger charge is -2.48. The van der Waals surface area contributed by atoms with Gasteiger partial charge in [-0.05, 0) is 112 Å². The van der Waals surface area contributed by atoms with Crippen LogP contribution in [0.4, 0.5) is 5.69 Å². The second-order valence-corrected chi connectivity index (χ2v) is 15.7. The van der Waals surface area contributed by atoms with E-state index in [1.807, 2.05) is 32.1 Å². The van der Waals surface area contributed by atoms with Crippen molar-refractivity contribution in [2.75, 3.05) is 24.6 Å². The van der Waals surface area contributed by atoms with Gasteiger partial charge in [-0.1, -0.05) is 36.7 Å². The smallest absolute Gasteiger partial charge is 0.264 e. The zero-order chi connectivity index (χ0) is 29.9. The summed E-state index contributed by atoms with van der Waals surface area (Å²) in [6.07, 6.45) is 9.12. The predicted molar refractivity (Wildman–Crippen MR) is 166 cm³/mol. The zero-order valence-corrected chi connectivity index (χ0v) is 26.2. The Bertz CT molecular complexity index is 1520. The van der Waals surface area contributed by atoms with Gasteiger partial charge in [0.2, 0.25) is 10.0 Å². The molecule has 2 bridgehead atoms. The molecule has 7 nitrogen and oxygen atoms in total. The minimum Gasteiger partial charge on any atom is -0.490 e. The highest BCUT2D eigenvalue weighted by Gasteiger charge is 2.46. The number of hydrogen-bond acceptors (Lipinski definition) is 6. The quantitative estimate of drug-likeness (QED) is 0.374. The van der Waals surface area contributed by atoms with Crippen molar-refractivity contribution in [3.63, 3.8) is 0 Å². The second kappa shape index (κ2) is 10.9. The molecule has 6 atom stereocenters. The summed E-state index contributed by atoms with van der Waals surface area (Å²) in [5, 5.41) is 11.5. The molecule has 2 aliphatic heterocycles. The first-order chi connectivity index (χ1) is 19.9. The SMILES string of the molecule is C[C@@H]1[C@@H](C)C/C=C\[C@@](C)(O)[C@@H]2CC[C@H]2CN2C[C@@]3(CCCc4cc(Cl)ccc43)COc3ccc(cc32)C(=O)NS1(=O)=O. The van der Waals surface area contributed by atoms with Gasteiger partial charge in [0.25, 0.3) is 5.91 Å². The maximum absolute atomic E-state index is 13.3. The Hall–Kier alpha value is -2.55. The molecule has 2 aromatic rings. The van der Waals surface area contributed by atoms with Gasteiger partial charge in [-0.3, -0.25) is 4.79 Å². The van der Waals surface area contributed by atoms with Crippen LogP contribution in [0.5, 0.6) is 5.75 Å². The molecule has 2 aliphatic carbocycles. The lowest BCUT2D eigenvalue weighted by atomic mass is 9.64. The molecule has 0 radical (unpaired) electrons. The summed E-state index contributed by atoms with van der Waals surface area (Å²) < 4.78 is 35.2. The number of nitrogens with zero attached hydrogens (tertiary/aromatic N) is 1. The fourth-order valence-electron chi connectivity index (χ4n) is 7.52. The third-order valence-corrected chi connectivity index (χ3v) is 12.6. The van der Waals surface area contributed by atoms with E-state index < -0.39 is 26.8 Å². The van der Waals surface area contributed by atoms with Crippen molar-refractivity contribution in [3.8, 4) is 5.75 Å². The number of sulfonamides is 1. The van der Waals surface area contributed by atoms with E-state index in [4.69, 9.17) is 16.3 Å². The Labute approximate surface area is 254 Å². The summed E-state index contributed by atoms with van der Waals surface area (Å²) in [7, 11) is -3.93. The Morgan fingerprint density at radius 2 is 1.95 bits per heavy atom. The minimum absolute atomic E-state index is 0.0746. The van der Waals surface area contributed by atoms with Crippen LogP contribution in [0, 0.1) is 17.8 Å². The normalized spacial score (nSPS) is 35.1. The van der Waals surface area contributed by atoms with Crippen LogP contribution in [0.3, 0.4) is 0 Å². The monoisotopic (exact) mass is 612 g/mol. The van der Waals surface area contributed by atoms with Crippen molar-refractivity contribution < 1.29 is 23.1 Å². The van der Waals surface area contributed by atoms with E-state index in [-0.39, 0.29) is 28.7 Å². The minimum atomic E-state index is -3.93. The Kier molecular flexibility index (Phi) is 7.64. The highest BCUT2D eigenvalue weighted by atomic mass is 35.5. The van der Waals surface area contributed by atoms with Gasteiger partial charge in [0.05, 0.1) is 23.1 Å². The largest absolute Gasteiger partial charge is 0.490 e. The summed E-state index contributed by atoms with van der Waals surface area (Å²) in [6, 6.07) is 11.4. The molecule has 0 saturated heterocycles. The number of rotatable bonds is 0. The number of allylic oxidation sites excluding steroid dienone is 1. The molecule has 0 aromatic heterocycles. The van der Waals surface area contributed by atoms with E-state index in [0.717, 1.165) is 42.8 Å². The maximum atomic E-state index is 13.3. The van der Waals surface area contributed by atoms with Gasteiger partial charge in [-0.2, -0.15) is 0 Å². The van der Waals surface area contributed by atoms with E-state index in [1.165, 1.54) is 11.1 Å². The molecule has 2 aromatic carbocycles. The highest BCUT2D eigenvalue weighted by molar-refractivity contribution is 7.90. The van der Waals surface area contributed by atoms with E-state index in [1.54, 1.807) is 25.1 Å². The Balaban J connectivity index is 1.44. The zero-order valence-electron chi connectivity index (χ0n) is 24.6. The van der Waals surface area contributed by atoms with Gasteiger partial charge in [0.1, 0.15) is 5.75 Å². The number of aliphatic hydroxyl groups is 1. The Morgan fingerprint density at radius 1 is 1.14 bits per heavy atom. The maximum Gasteiger partial charge on any atom is 0.264 e. The number of carbonyl (C=O) groups is 1. The molecule has 2 N–H and O–H groups in total. The van der Waals surface area contributed by atoms with E-state index in [9.17, 15) is 18.3 Å². The summed E-state index contributed by atoms with van der Waals surface area (Å²) in [5.74, 6) is 0.125. The lowest BCUT2D eigenvalue weighted by Crippen LogP contribution is -2.51. The molecule has 226 valence electrons. The van der Waals surface area contributed by atoms with E-state index >= 15 is 0 Å². The predicted octanol–water partition coefficient (Wildman–Crippen LogP) is 5.63. The van der Waals surface area contributed by atoms with Crippen LogP contribution in [-0.4, -0.2) is 50.0 Å². The second-order valence-electron chi connectivity index (χ2n) is 13.3. The van der Waals surface area contributed by atoms with Gasteiger partial charge in [0, 0.05) is 29.1 Å². The molecule has 1 spiro atoms. The average molecular weight is 613 g/mol. The number of fused-ring (bicyclic) bond motifs is 4. The summed E-state index contributed by atoms with van der Waals surface area (Å²) in [5.41, 5.74) is 2.30. The summed E-state index contributed by atoms with van der Waals surface area (Å²) in [4.78, 5) is 15.7. The number of benzene rings is 2. The molecule has 6 rings (SSSR count). The van der Waals surface area contributed by atoms with Crippen LogP contribution in [0.2, 0.25) is 5.02 Å². The number of nitrogens with one attached hydrogen (secondary N) is 1. The number of halogens is 1. The van der Waals surface area contributed by atoms with Crippen LogP contribution in [-0.2, 0) is 21.9 Å². The third-order valence-electron chi connectivity index (χ3n) is 10.4. The van der Waals surface area contributed by atoms with Crippen molar-refractivity contribution in [1.29, 1.82) is 0 Å². The topological polar surface area (TPSA) is 95.9 Å². The summed E-state index contributed by atoms with van der Waals surface area (Å²) >= 11 is 6.39. The van der Waals surface area contributed by atoms with E-state index in [2.05, 4.69) is 21.8 Å². The van der Waals surface area contributed by atoms with Crippen molar-refractivity contribution in [1.82, 2.24) is 4.72 Å². The summed E-state index contributed by atoms with van der Waals surface area (Å²) in [6.45, 7) is 7.23. The number of amides is 1.